The molecule has 0 aromatic carbocycles. The van der Waals surface area contributed by atoms with Crippen LogP contribution < -0.4 is 10.6 Å². The molecule has 1 saturated heterocycles. The zero-order valence-electron chi connectivity index (χ0n) is 20.2. The summed E-state index contributed by atoms with van der Waals surface area (Å²) < 4.78 is 5.28. The van der Waals surface area contributed by atoms with Crippen molar-refractivity contribution < 1.29 is 29.0 Å². The van der Waals surface area contributed by atoms with Crippen molar-refractivity contribution in [2.45, 2.75) is 83.4 Å². The molecule has 0 bridgehead atoms. The molecule has 0 spiro atoms. The van der Waals surface area contributed by atoms with Crippen LogP contribution in [0.25, 0.3) is 0 Å². The Labute approximate surface area is 200 Å². The molecule has 0 aromatic heterocycles. The smallest absolute Gasteiger partial charge is 0.408 e. The summed E-state index contributed by atoms with van der Waals surface area (Å²) in [6.07, 6.45) is 6.12. The van der Waals surface area contributed by atoms with Crippen molar-refractivity contribution in [3.05, 3.63) is 0 Å². The molecule has 0 aromatic rings. The highest BCUT2D eigenvalue weighted by Gasteiger charge is 2.38. The second-order valence-corrected chi connectivity index (χ2v) is 11.0. The van der Waals surface area contributed by atoms with Crippen molar-refractivity contribution in [2.75, 3.05) is 25.1 Å². The standard InChI is InChI=1S/C23H39N3O6S/c1-23(2,3)32-22(31)25-17(11-13-33-4)19(27)24-14-15-7-9-16(10-8-15)20(28)26-12-5-6-18(26)21(29)30/h15-18H,5-14H2,1-4H3,(H,24,27)(H,25,31)(H,29,30). The second kappa shape index (κ2) is 12.5. The molecule has 0 radical (unpaired) electrons. The van der Waals surface area contributed by atoms with E-state index < -0.39 is 29.7 Å². The number of nitrogens with one attached hydrogen (secondary N) is 2. The number of carbonyl (C=O) groups excluding carboxylic acids is 3. The number of hydrogen-bond donors (Lipinski definition) is 3. The van der Waals surface area contributed by atoms with Crippen molar-refractivity contribution in [1.29, 1.82) is 0 Å². The molecule has 2 atom stereocenters. The summed E-state index contributed by atoms with van der Waals surface area (Å²) in [5.41, 5.74) is -0.639. The zero-order valence-corrected chi connectivity index (χ0v) is 21.0. The Hall–Kier alpha value is -1.97. The summed E-state index contributed by atoms with van der Waals surface area (Å²) in [4.78, 5) is 50.6. The van der Waals surface area contributed by atoms with Crippen LogP contribution in [0.5, 0.6) is 0 Å². The van der Waals surface area contributed by atoms with Crippen molar-refractivity contribution in [2.24, 2.45) is 11.8 Å². The molecule has 188 valence electrons. The first-order valence-electron chi connectivity index (χ1n) is 11.8. The number of aliphatic carboxylic acids is 1. The predicted octanol–water partition coefficient (Wildman–Crippen LogP) is 2.63. The maximum absolute atomic E-state index is 12.8. The number of nitrogens with zero attached hydrogens (tertiary/aromatic N) is 1. The van der Waals surface area contributed by atoms with Crippen LogP contribution in [-0.2, 0) is 19.1 Å². The SMILES string of the molecule is CSCCC(NC(=O)OC(C)(C)C)C(=O)NCC1CCC(C(=O)N2CCCC2C(=O)O)CC1. The van der Waals surface area contributed by atoms with Crippen LogP contribution in [0.2, 0.25) is 0 Å². The molecule has 33 heavy (non-hydrogen) atoms. The average molecular weight is 486 g/mol. The highest BCUT2D eigenvalue weighted by Crippen LogP contribution is 2.32. The first-order valence-corrected chi connectivity index (χ1v) is 13.2. The highest BCUT2D eigenvalue weighted by atomic mass is 32.2. The van der Waals surface area contributed by atoms with E-state index in [1.165, 1.54) is 4.90 Å². The maximum Gasteiger partial charge on any atom is 0.408 e. The van der Waals surface area contributed by atoms with E-state index in [0.29, 0.717) is 38.8 Å². The van der Waals surface area contributed by atoms with Crippen molar-refractivity contribution >= 4 is 35.6 Å². The molecule has 2 fully saturated rings. The summed E-state index contributed by atoms with van der Waals surface area (Å²) >= 11 is 1.60. The van der Waals surface area contributed by atoms with Gasteiger partial charge in [-0.05, 0) is 83.6 Å². The van der Waals surface area contributed by atoms with E-state index in [9.17, 15) is 24.3 Å². The number of rotatable bonds is 9. The number of thioether (sulfide) groups is 1. The summed E-state index contributed by atoms with van der Waals surface area (Å²) in [5.74, 6) is -0.340. The van der Waals surface area contributed by atoms with Crippen molar-refractivity contribution in [3.63, 3.8) is 0 Å². The number of ether oxygens (including phenoxy) is 1. The number of carboxylic acid groups (broad SMARTS) is 1. The van der Waals surface area contributed by atoms with Gasteiger partial charge in [0.05, 0.1) is 0 Å². The minimum absolute atomic E-state index is 0.0407. The lowest BCUT2D eigenvalue weighted by molar-refractivity contribution is -0.150. The fourth-order valence-corrected chi connectivity index (χ4v) is 4.93. The minimum Gasteiger partial charge on any atom is -0.480 e. The van der Waals surface area contributed by atoms with Crippen LogP contribution in [0.1, 0.15) is 65.7 Å². The van der Waals surface area contributed by atoms with Crippen LogP contribution in [0.3, 0.4) is 0 Å². The molecule has 1 heterocycles. The zero-order chi connectivity index (χ0) is 24.6. The molecular formula is C23H39N3O6S. The molecular weight excluding hydrogens is 446 g/mol. The number of amides is 3. The van der Waals surface area contributed by atoms with Gasteiger partial charge >= 0.3 is 12.1 Å². The summed E-state index contributed by atoms with van der Waals surface area (Å²) in [5, 5.41) is 15.0. The number of alkyl carbamates (subject to hydrolysis) is 1. The summed E-state index contributed by atoms with van der Waals surface area (Å²) in [6.45, 7) is 6.34. The van der Waals surface area contributed by atoms with Crippen LogP contribution in [0.15, 0.2) is 0 Å². The summed E-state index contributed by atoms with van der Waals surface area (Å²) in [7, 11) is 0. The van der Waals surface area contributed by atoms with E-state index in [0.717, 1.165) is 25.0 Å². The van der Waals surface area contributed by atoms with E-state index in [-0.39, 0.29) is 23.7 Å². The fourth-order valence-electron chi connectivity index (χ4n) is 4.46. The number of hydrogen-bond acceptors (Lipinski definition) is 6. The van der Waals surface area contributed by atoms with Gasteiger partial charge in [-0.15, -0.1) is 0 Å². The first kappa shape index (κ1) is 27.3. The van der Waals surface area contributed by atoms with E-state index >= 15 is 0 Å². The van der Waals surface area contributed by atoms with Gasteiger partial charge in [-0.1, -0.05) is 0 Å². The molecule has 3 amide bonds. The van der Waals surface area contributed by atoms with Gasteiger partial charge in [-0.2, -0.15) is 11.8 Å². The van der Waals surface area contributed by atoms with Crippen LogP contribution in [0.4, 0.5) is 4.79 Å². The van der Waals surface area contributed by atoms with Crippen molar-refractivity contribution in [1.82, 2.24) is 15.5 Å². The minimum atomic E-state index is -0.923. The third kappa shape index (κ3) is 8.72. The molecule has 2 aliphatic rings. The van der Waals surface area contributed by atoms with E-state index in [1.54, 1.807) is 32.5 Å². The highest BCUT2D eigenvalue weighted by molar-refractivity contribution is 7.98. The van der Waals surface area contributed by atoms with Gasteiger partial charge in [-0.25, -0.2) is 9.59 Å². The Bertz CT molecular complexity index is 703. The molecule has 9 nitrogen and oxygen atoms in total. The third-order valence-electron chi connectivity index (χ3n) is 6.20. The molecule has 3 N–H and O–H groups in total. The quantitative estimate of drug-likeness (QED) is 0.458. The Balaban J connectivity index is 1.80. The molecule has 1 aliphatic carbocycles. The predicted molar refractivity (Wildman–Crippen MR) is 127 cm³/mol. The average Bonchev–Trinajstić information content (AvgIpc) is 3.24. The van der Waals surface area contributed by atoms with Gasteiger partial charge in [0.15, 0.2) is 0 Å². The maximum atomic E-state index is 12.8. The lowest BCUT2D eigenvalue weighted by atomic mass is 9.81. The van der Waals surface area contributed by atoms with Crippen LogP contribution >= 0.6 is 11.8 Å². The lowest BCUT2D eigenvalue weighted by Crippen LogP contribution is -2.49. The van der Waals surface area contributed by atoms with Gasteiger partial charge in [-0.3, -0.25) is 9.59 Å². The van der Waals surface area contributed by atoms with Gasteiger partial charge in [0.25, 0.3) is 0 Å². The van der Waals surface area contributed by atoms with Crippen LogP contribution in [0, 0.1) is 11.8 Å². The third-order valence-corrected chi connectivity index (χ3v) is 6.84. The van der Waals surface area contributed by atoms with Gasteiger partial charge in [0.1, 0.15) is 17.7 Å². The Morgan fingerprint density at radius 1 is 1.12 bits per heavy atom. The Morgan fingerprint density at radius 2 is 1.79 bits per heavy atom. The van der Waals surface area contributed by atoms with Crippen LogP contribution in [-0.4, -0.2) is 76.7 Å². The molecule has 10 heteroatoms. The normalized spacial score (nSPS) is 24.1. The largest absolute Gasteiger partial charge is 0.480 e. The topological polar surface area (TPSA) is 125 Å². The molecule has 2 rings (SSSR count). The number of likely N-dealkylation sites (tertiary alicyclic amines) is 1. The van der Waals surface area contributed by atoms with Gasteiger partial charge in [0.2, 0.25) is 11.8 Å². The Kier molecular flexibility index (Phi) is 10.3. The summed E-state index contributed by atoms with van der Waals surface area (Å²) in [6, 6.07) is -1.35. The van der Waals surface area contributed by atoms with E-state index in [2.05, 4.69) is 10.6 Å². The number of carboxylic acids is 1. The first-order chi connectivity index (χ1) is 15.5. The monoisotopic (exact) mass is 485 g/mol. The van der Waals surface area contributed by atoms with Gasteiger partial charge < -0.3 is 25.4 Å². The van der Waals surface area contributed by atoms with Crippen molar-refractivity contribution in [3.8, 4) is 0 Å². The molecule has 1 aliphatic heterocycles. The van der Waals surface area contributed by atoms with E-state index in [4.69, 9.17) is 4.74 Å². The second-order valence-electron chi connectivity index (χ2n) is 9.97. The van der Waals surface area contributed by atoms with Gasteiger partial charge in [0, 0.05) is 19.0 Å². The molecule has 2 unspecified atom stereocenters. The molecule has 1 saturated carbocycles. The fraction of sp³-hybridized carbons (Fsp3) is 0.826. The lowest BCUT2D eigenvalue weighted by Gasteiger charge is -2.32. The Morgan fingerprint density at radius 3 is 2.36 bits per heavy atom. The van der Waals surface area contributed by atoms with E-state index in [1.807, 2.05) is 6.26 Å². The number of carbonyl (C=O) groups is 4.